The van der Waals surface area contributed by atoms with Gasteiger partial charge in [-0.05, 0) is 97.1 Å². The van der Waals surface area contributed by atoms with Crippen LogP contribution in [0.25, 0.3) is 0 Å². The number of quaternary nitrogens is 2. The molecule has 0 amide bonds. The Morgan fingerprint density at radius 3 is 1.36 bits per heavy atom. The Balaban J connectivity index is 1.57. The molecule has 4 rings (SSSR count). The number of benzene rings is 2. The minimum atomic E-state index is -0.274. The van der Waals surface area contributed by atoms with Gasteiger partial charge in [-0.25, -0.2) is 4.79 Å². The fourth-order valence-corrected chi connectivity index (χ4v) is 8.36. The average molecular weight is 735 g/mol. The van der Waals surface area contributed by atoms with Crippen molar-refractivity contribution >= 4 is 11.4 Å². The predicted octanol–water partition coefficient (Wildman–Crippen LogP) is 7.90. The van der Waals surface area contributed by atoms with Crippen LogP contribution in [0.1, 0.15) is 108 Å². The van der Waals surface area contributed by atoms with Crippen LogP contribution in [-0.4, -0.2) is 67.2 Å². The van der Waals surface area contributed by atoms with Gasteiger partial charge in [0.05, 0.1) is 60.2 Å². The number of aryl methyl sites for hydroxylation is 1. The fourth-order valence-electron chi connectivity index (χ4n) is 8.36. The van der Waals surface area contributed by atoms with Gasteiger partial charge in [0, 0.05) is 37.0 Å². The number of aromatic nitrogens is 2. The molecule has 2 atom stereocenters. The van der Waals surface area contributed by atoms with Gasteiger partial charge in [0.25, 0.3) is 16.9 Å². The molecule has 1 aliphatic rings. The molecular weight excluding hydrogens is 672 g/mol. The minimum absolute atomic E-state index is 0.175. The Kier molecular flexibility index (Phi) is 16.0. The molecule has 2 bridgehead atoms. The van der Waals surface area contributed by atoms with E-state index in [0.29, 0.717) is 31.9 Å². The standard InChI is InChI=1S/C41H62N6O6/c1-4-46(33-36-22-12-14-24-38(36)44(50)51)28-18-8-6-16-26-42-35(3)32-40(48)43(41(42)49)27-17-7-9-19-29-47(5-2,31-21-11-10-20-30-46)34-37-23-13-15-25-39(37)45(52)53/h12-15,22-25,32H,4-11,16-21,26-31,33-34H2,1-3H3/q+2. The fraction of sp³-hybridized carbons (Fsp3) is 0.610. The molecule has 12 heteroatoms. The van der Waals surface area contributed by atoms with Gasteiger partial charge in [0.15, 0.2) is 0 Å². The molecule has 2 unspecified atom stereocenters. The number of nitro groups is 2. The normalized spacial score (nSPS) is 21.8. The average Bonchev–Trinajstić information content (AvgIpc) is 3.14. The van der Waals surface area contributed by atoms with Crippen LogP contribution in [0.4, 0.5) is 11.4 Å². The summed E-state index contributed by atoms with van der Waals surface area (Å²) >= 11 is 0. The molecule has 0 fully saturated rings. The highest BCUT2D eigenvalue weighted by molar-refractivity contribution is 5.40. The van der Waals surface area contributed by atoms with Gasteiger partial charge in [-0.2, -0.15) is 0 Å². The third-order valence-corrected chi connectivity index (χ3v) is 11.8. The van der Waals surface area contributed by atoms with E-state index in [1.807, 2.05) is 31.2 Å². The molecule has 290 valence electrons. The molecule has 53 heavy (non-hydrogen) atoms. The highest BCUT2D eigenvalue weighted by atomic mass is 16.6. The molecule has 0 saturated heterocycles. The summed E-state index contributed by atoms with van der Waals surface area (Å²) in [4.78, 5) is 49.7. The second-order valence-corrected chi connectivity index (χ2v) is 15.3. The molecule has 0 aliphatic carbocycles. The van der Waals surface area contributed by atoms with E-state index < -0.39 is 0 Å². The van der Waals surface area contributed by atoms with E-state index in [0.717, 1.165) is 136 Å². The largest absolute Gasteiger partial charge is 0.331 e. The zero-order chi connectivity index (χ0) is 38.3. The Morgan fingerprint density at radius 2 is 0.962 bits per heavy atom. The second-order valence-electron chi connectivity index (χ2n) is 15.3. The molecule has 1 aliphatic heterocycles. The van der Waals surface area contributed by atoms with Crippen LogP contribution in [0.3, 0.4) is 0 Å². The van der Waals surface area contributed by atoms with Crippen LogP contribution in [0.5, 0.6) is 0 Å². The van der Waals surface area contributed by atoms with E-state index in [2.05, 4.69) is 13.8 Å². The molecule has 2 aromatic carbocycles. The third kappa shape index (κ3) is 11.7. The van der Waals surface area contributed by atoms with Gasteiger partial charge in [0.1, 0.15) is 13.1 Å². The Labute approximate surface area is 314 Å². The monoisotopic (exact) mass is 734 g/mol. The number of para-hydroxylation sites is 2. The smallest absolute Gasteiger partial charge is 0.320 e. The summed E-state index contributed by atoms with van der Waals surface area (Å²) in [5, 5.41) is 23.9. The van der Waals surface area contributed by atoms with Crippen LogP contribution in [-0.2, 0) is 26.2 Å². The van der Waals surface area contributed by atoms with Crippen molar-refractivity contribution in [1.29, 1.82) is 0 Å². The molecule has 1 aromatic heterocycles. The first-order valence-electron chi connectivity index (χ1n) is 20.0. The summed E-state index contributed by atoms with van der Waals surface area (Å²) in [6, 6.07) is 15.8. The van der Waals surface area contributed by atoms with Crippen LogP contribution in [0, 0.1) is 27.2 Å². The second kappa shape index (κ2) is 20.3. The molecule has 12 nitrogen and oxygen atoms in total. The predicted molar refractivity (Wildman–Crippen MR) is 210 cm³/mol. The topological polar surface area (TPSA) is 130 Å². The summed E-state index contributed by atoms with van der Waals surface area (Å²) in [5.74, 6) is 0. The summed E-state index contributed by atoms with van der Waals surface area (Å²) < 4.78 is 4.70. The summed E-state index contributed by atoms with van der Waals surface area (Å²) in [6.45, 7) is 13.9. The highest BCUT2D eigenvalue weighted by Crippen LogP contribution is 2.27. The van der Waals surface area contributed by atoms with E-state index in [1.165, 1.54) is 4.57 Å². The first-order valence-corrected chi connectivity index (χ1v) is 20.0. The maximum Gasteiger partial charge on any atom is 0.331 e. The Hall–Kier alpha value is -4.16. The van der Waals surface area contributed by atoms with E-state index in [1.54, 1.807) is 34.9 Å². The maximum absolute atomic E-state index is 13.5. The summed E-state index contributed by atoms with van der Waals surface area (Å²) in [5.41, 5.74) is 2.13. The van der Waals surface area contributed by atoms with Gasteiger partial charge < -0.3 is 8.97 Å². The molecule has 0 N–H and O–H groups in total. The Morgan fingerprint density at radius 1 is 0.585 bits per heavy atom. The first-order chi connectivity index (χ1) is 25.5. The van der Waals surface area contributed by atoms with E-state index >= 15 is 0 Å². The van der Waals surface area contributed by atoms with Crippen molar-refractivity contribution in [3.05, 3.63) is 112 Å². The Bertz CT molecular complexity index is 1770. The first kappa shape index (κ1) is 41.6. The zero-order valence-electron chi connectivity index (χ0n) is 32.4. The van der Waals surface area contributed by atoms with Crippen molar-refractivity contribution < 1.29 is 18.8 Å². The molecule has 2 heterocycles. The van der Waals surface area contributed by atoms with Gasteiger partial charge in [-0.3, -0.25) is 34.2 Å². The molecular formula is C41H62N6O6+2. The van der Waals surface area contributed by atoms with Crippen molar-refractivity contribution in [3.8, 4) is 0 Å². The molecule has 3 aromatic rings. The number of hydrogen-bond acceptors (Lipinski definition) is 6. The molecule has 0 spiro atoms. The van der Waals surface area contributed by atoms with Crippen molar-refractivity contribution in [2.75, 3.05) is 39.3 Å². The van der Waals surface area contributed by atoms with E-state index in [-0.39, 0.29) is 32.5 Å². The number of hydrogen-bond donors (Lipinski definition) is 0. The lowest BCUT2D eigenvalue weighted by Gasteiger charge is -2.39. The number of nitrogens with zero attached hydrogens (tertiary/aromatic N) is 6. The van der Waals surface area contributed by atoms with Crippen molar-refractivity contribution in [2.45, 2.75) is 124 Å². The quantitative estimate of drug-likeness (QED) is 0.131. The molecule has 0 radical (unpaired) electrons. The lowest BCUT2D eigenvalue weighted by Crippen LogP contribution is -2.49. The summed E-state index contributed by atoms with van der Waals surface area (Å²) in [7, 11) is 0. The maximum atomic E-state index is 13.5. The SMILES string of the molecule is CC[N+]1(Cc2ccccc2[N+](=O)[O-])CCCCCCn2c(C)cc(=O)n(c2=O)CCCCCC[N+](CC)(Cc2ccccc2[N+](=O)[O-])CCCCCC1. The molecule has 0 saturated carbocycles. The lowest BCUT2D eigenvalue weighted by atomic mass is 10.1. The van der Waals surface area contributed by atoms with Crippen LogP contribution in [0.15, 0.2) is 64.2 Å². The van der Waals surface area contributed by atoms with Crippen LogP contribution < -0.4 is 11.2 Å². The van der Waals surface area contributed by atoms with Crippen molar-refractivity contribution in [3.63, 3.8) is 0 Å². The minimum Gasteiger partial charge on any atom is -0.320 e. The number of nitro benzene ring substituents is 2. The number of fused-ring (bicyclic) bond motifs is 2. The van der Waals surface area contributed by atoms with Crippen molar-refractivity contribution in [1.82, 2.24) is 9.13 Å². The summed E-state index contributed by atoms with van der Waals surface area (Å²) in [6.07, 6.45) is 11.6. The number of rotatable bonds is 8. The van der Waals surface area contributed by atoms with Gasteiger partial charge >= 0.3 is 5.69 Å². The van der Waals surface area contributed by atoms with Crippen molar-refractivity contribution in [2.24, 2.45) is 0 Å². The van der Waals surface area contributed by atoms with Crippen LogP contribution in [0.2, 0.25) is 0 Å². The lowest BCUT2D eigenvalue weighted by molar-refractivity contribution is -0.940. The van der Waals surface area contributed by atoms with Gasteiger partial charge in [0.2, 0.25) is 0 Å². The third-order valence-electron chi connectivity index (χ3n) is 11.8. The van der Waals surface area contributed by atoms with Gasteiger partial charge in [-0.1, -0.05) is 37.1 Å². The van der Waals surface area contributed by atoms with E-state index in [9.17, 15) is 29.8 Å². The zero-order valence-corrected chi connectivity index (χ0v) is 32.4. The van der Waals surface area contributed by atoms with Gasteiger partial charge in [-0.15, -0.1) is 0 Å². The van der Waals surface area contributed by atoms with E-state index in [4.69, 9.17) is 0 Å². The highest BCUT2D eigenvalue weighted by Gasteiger charge is 2.30. The van der Waals surface area contributed by atoms with Crippen LogP contribution >= 0.6 is 0 Å².